The lowest BCUT2D eigenvalue weighted by molar-refractivity contribution is 0.425. The van der Waals surface area contributed by atoms with Gasteiger partial charge < -0.3 is 5.32 Å². The van der Waals surface area contributed by atoms with Crippen LogP contribution in [0.5, 0.6) is 0 Å². The molecule has 1 saturated carbocycles. The van der Waals surface area contributed by atoms with Gasteiger partial charge in [0, 0.05) is 6.04 Å². The van der Waals surface area contributed by atoms with Crippen molar-refractivity contribution in [2.75, 3.05) is 6.54 Å². The Labute approximate surface area is 122 Å². The Balaban J connectivity index is 2.22. The van der Waals surface area contributed by atoms with E-state index in [0.717, 1.165) is 31.4 Å². The van der Waals surface area contributed by atoms with Crippen LogP contribution in [-0.4, -0.2) is 26.3 Å². The molecule has 1 N–H and O–H groups in total. The Bertz CT molecular complexity index is 553. The normalized spacial score (nSPS) is 26.9. The lowest BCUT2D eigenvalue weighted by atomic mass is 10.1. The molecule has 0 bridgehead atoms. The average Bonchev–Trinajstić information content (AvgIpc) is 2.78. The van der Waals surface area contributed by atoms with Crippen LogP contribution in [0.1, 0.15) is 38.7 Å². The average molecular weight is 295 g/mol. The highest BCUT2D eigenvalue weighted by atomic mass is 32.2. The van der Waals surface area contributed by atoms with Crippen molar-refractivity contribution in [3.05, 3.63) is 29.8 Å². The van der Waals surface area contributed by atoms with Crippen molar-refractivity contribution in [3.63, 3.8) is 0 Å². The van der Waals surface area contributed by atoms with Gasteiger partial charge in [0.15, 0.2) is 9.84 Å². The van der Waals surface area contributed by atoms with Gasteiger partial charge >= 0.3 is 0 Å². The topological polar surface area (TPSA) is 46.2 Å². The van der Waals surface area contributed by atoms with Gasteiger partial charge in [0.05, 0.1) is 10.1 Å². The molecule has 3 unspecified atom stereocenters. The van der Waals surface area contributed by atoms with Crippen LogP contribution in [0.25, 0.3) is 0 Å². The summed E-state index contributed by atoms with van der Waals surface area (Å²) in [5.41, 5.74) is 0.852. The monoisotopic (exact) mass is 295 g/mol. The zero-order valence-electron chi connectivity index (χ0n) is 12.6. The first kappa shape index (κ1) is 15.5. The summed E-state index contributed by atoms with van der Waals surface area (Å²) in [6.07, 6.45) is 2.80. The highest BCUT2D eigenvalue weighted by Crippen LogP contribution is 2.35. The smallest absolute Gasteiger partial charge is 0.181 e. The molecule has 1 aromatic carbocycles. The van der Waals surface area contributed by atoms with E-state index in [1.807, 2.05) is 25.1 Å². The summed E-state index contributed by atoms with van der Waals surface area (Å²) in [6, 6.07) is 7.65. The Morgan fingerprint density at radius 2 is 1.95 bits per heavy atom. The Morgan fingerprint density at radius 3 is 2.60 bits per heavy atom. The fourth-order valence-electron chi connectivity index (χ4n) is 3.22. The Hall–Kier alpha value is -0.870. The molecule has 1 aliphatic rings. The maximum absolute atomic E-state index is 12.9. The van der Waals surface area contributed by atoms with Gasteiger partial charge in [-0.25, -0.2) is 8.42 Å². The second-order valence-electron chi connectivity index (χ2n) is 5.85. The first-order valence-corrected chi connectivity index (χ1v) is 9.06. The molecule has 0 saturated heterocycles. The summed E-state index contributed by atoms with van der Waals surface area (Å²) in [5, 5.41) is 3.23. The van der Waals surface area contributed by atoms with E-state index in [4.69, 9.17) is 0 Å². The van der Waals surface area contributed by atoms with Crippen LogP contribution in [0.3, 0.4) is 0 Å². The van der Waals surface area contributed by atoms with Crippen LogP contribution >= 0.6 is 0 Å². The van der Waals surface area contributed by atoms with Gasteiger partial charge in [0.2, 0.25) is 0 Å². The highest BCUT2D eigenvalue weighted by molar-refractivity contribution is 7.92. The third-order valence-electron chi connectivity index (χ3n) is 4.44. The van der Waals surface area contributed by atoms with E-state index >= 15 is 0 Å². The fourth-order valence-corrected chi connectivity index (χ4v) is 5.54. The molecular formula is C16H25NO2S. The SMILES string of the molecule is CCCNC1CCC(S(=O)(=O)c2ccccc2C)C1C. The third-order valence-corrected chi connectivity index (χ3v) is 6.97. The zero-order chi connectivity index (χ0) is 14.8. The van der Waals surface area contributed by atoms with E-state index in [-0.39, 0.29) is 11.2 Å². The molecule has 4 heteroatoms. The first-order chi connectivity index (χ1) is 9.48. The maximum Gasteiger partial charge on any atom is 0.181 e. The number of sulfone groups is 1. The standard InChI is InChI=1S/C16H25NO2S/c1-4-11-17-14-9-10-16(13(14)3)20(18,19)15-8-6-5-7-12(15)2/h5-8,13-14,16-17H,4,9-11H2,1-3H3. The fraction of sp³-hybridized carbons (Fsp3) is 0.625. The second kappa shape index (κ2) is 6.27. The third kappa shape index (κ3) is 2.91. The van der Waals surface area contributed by atoms with Crippen molar-refractivity contribution in [2.24, 2.45) is 5.92 Å². The second-order valence-corrected chi connectivity index (χ2v) is 7.98. The molecule has 3 nitrogen and oxygen atoms in total. The summed E-state index contributed by atoms with van der Waals surface area (Å²) in [4.78, 5) is 0.507. The number of aryl methyl sites for hydroxylation is 1. The first-order valence-electron chi connectivity index (χ1n) is 7.51. The van der Waals surface area contributed by atoms with Gasteiger partial charge in [0.1, 0.15) is 0 Å². The van der Waals surface area contributed by atoms with Crippen LogP contribution in [-0.2, 0) is 9.84 Å². The van der Waals surface area contributed by atoms with E-state index in [1.165, 1.54) is 0 Å². The predicted octanol–water partition coefficient (Wildman–Crippen LogP) is 2.94. The minimum absolute atomic E-state index is 0.172. The van der Waals surface area contributed by atoms with Crippen molar-refractivity contribution in [2.45, 2.75) is 56.2 Å². The van der Waals surface area contributed by atoms with Gasteiger partial charge in [-0.05, 0) is 50.3 Å². The molecule has 0 radical (unpaired) electrons. The quantitative estimate of drug-likeness (QED) is 0.908. The largest absolute Gasteiger partial charge is 0.314 e. The van der Waals surface area contributed by atoms with Crippen LogP contribution < -0.4 is 5.32 Å². The number of hydrogen-bond acceptors (Lipinski definition) is 3. The highest BCUT2D eigenvalue weighted by Gasteiger charge is 2.41. The molecule has 0 aliphatic heterocycles. The zero-order valence-corrected chi connectivity index (χ0v) is 13.4. The molecule has 1 fully saturated rings. The van der Waals surface area contributed by atoms with Gasteiger partial charge in [-0.1, -0.05) is 32.0 Å². The van der Waals surface area contributed by atoms with Gasteiger partial charge in [0.25, 0.3) is 0 Å². The van der Waals surface area contributed by atoms with Crippen LogP contribution in [0.15, 0.2) is 29.2 Å². The summed E-state index contributed by atoms with van der Waals surface area (Å²) in [5.74, 6) is 0.172. The number of hydrogen-bond donors (Lipinski definition) is 1. The minimum atomic E-state index is -3.22. The number of nitrogens with one attached hydrogen (secondary N) is 1. The maximum atomic E-state index is 12.9. The molecular weight excluding hydrogens is 270 g/mol. The summed E-state index contributed by atoms with van der Waals surface area (Å²) in [7, 11) is -3.22. The summed E-state index contributed by atoms with van der Waals surface area (Å²) in [6.45, 7) is 7.04. The van der Waals surface area contributed by atoms with Crippen LogP contribution in [0.4, 0.5) is 0 Å². The minimum Gasteiger partial charge on any atom is -0.314 e. The predicted molar refractivity (Wildman–Crippen MR) is 82.6 cm³/mol. The molecule has 0 aromatic heterocycles. The van der Waals surface area contributed by atoms with E-state index in [2.05, 4.69) is 19.2 Å². The molecule has 20 heavy (non-hydrogen) atoms. The Kier molecular flexibility index (Phi) is 4.86. The van der Waals surface area contributed by atoms with Gasteiger partial charge in [-0.2, -0.15) is 0 Å². The van der Waals surface area contributed by atoms with Crippen molar-refractivity contribution in [1.29, 1.82) is 0 Å². The molecule has 0 heterocycles. The van der Waals surface area contributed by atoms with E-state index in [9.17, 15) is 8.42 Å². The molecule has 1 aliphatic carbocycles. The number of benzene rings is 1. The summed E-state index contributed by atoms with van der Waals surface area (Å²) >= 11 is 0. The summed E-state index contributed by atoms with van der Waals surface area (Å²) < 4.78 is 25.7. The molecule has 3 atom stereocenters. The molecule has 2 rings (SSSR count). The van der Waals surface area contributed by atoms with Crippen LogP contribution in [0.2, 0.25) is 0 Å². The van der Waals surface area contributed by atoms with E-state index < -0.39 is 9.84 Å². The Morgan fingerprint density at radius 1 is 1.25 bits per heavy atom. The lowest BCUT2D eigenvalue weighted by Gasteiger charge is -2.22. The molecule has 112 valence electrons. The van der Waals surface area contributed by atoms with Crippen molar-refractivity contribution in [1.82, 2.24) is 5.32 Å². The van der Waals surface area contributed by atoms with Crippen molar-refractivity contribution >= 4 is 9.84 Å². The van der Waals surface area contributed by atoms with Crippen molar-refractivity contribution in [3.8, 4) is 0 Å². The van der Waals surface area contributed by atoms with Gasteiger partial charge in [-0.15, -0.1) is 0 Å². The molecule has 0 spiro atoms. The molecule has 1 aromatic rings. The van der Waals surface area contributed by atoms with Crippen LogP contribution in [0, 0.1) is 12.8 Å². The van der Waals surface area contributed by atoms with Crippen molar-refractivity contribution < 1.29 is 8.42 Å². The number of rotatable bonds is 5. The lowest BCUT2D eigenvalue weighted by Crippen LogP contribution is -2.36. The molecule has 0 amide bonds. The van der Waals surface area contributed by atoms with E-state index in [0.29, 0.717) is 10.9 Å². The van der Waals surface area contributed by atoms with Gasteiger partial charge in [-0.3, -0.25) is 0 Å². The van der Waals surface area contributed by atoms with E-state index in [1.54, 1.807) is 6.07 Å².